The number of rotatable bonds is 2. The van der Waals surface area contributed by atoms with E-state index >= 15 is 0 Å². The number of aromatic nitrogens is 3. The van der Waals surface area contributed by atoms with Crippen molar-refractivity contribution in [3.63, 3.8) is 0 Å². The Morgan fingerprint density at radius 1 is 0.400 bits per heavy atom. The summed E-state index contributed by atoms with van der Waals surface area (Å²) in [5.41, 5.74) is 7.09. The highest BCUT2D eigenvalue weighted by molar-refractivity contribution is 6.22. The van der Waals surface area contributed by atoms with E-state index in [0.29, 0.717) is 0 Å². The molecule has 9 aromatic rings. The maximum Gasteiger partial charge on any atom is 0.0723 e. The van der Waals surface area contributed by atoms with Gasteiger partial charge in [-0.15, -0.1) is 0 Å². The summed E-state index contributed by atoms with van der Waals surface area (Å²) in [4.78, 5) is 4.65. The first-order valence-corrected chi connectivity index (χ1v) is 13.6. The smallest absolute Gasteiger partial charge is 0.0723 e. The summed E-state index contributed by atoms with van der Waals surface area (Å²) in [6.45, 7) is 0. The van der Waals surface area contributed by atoms with E-state index < -0.39 is 0 Å². The van der Waals surface area contributed by atoms with Crippen LogP contribution < -0.4 is 0 Å². The van der Waals surface area contributed by atoms with Gasteiger partial charge in [-0.1, -0.05) is 91.0 Å². The quantitative estimate of drug-likeness (QED) is 0.227. The summed E-state index contributed by atoms with van der Waals surface area (Å²) in [7, 11) is 0. The third kappa shape index (κ3) is 2.86. The lowest BCUT2D eigenvalue weighted by atomic mass is 10.0. The number of benzene rings is 6. The Hall–Kier alpha value is -5.41. The summed E-state index contributed by atoms with van der Waals surface area (Å²) in [5, 5.41) is 9.83. The molecule has 0 spiro atoms. The third-order valence-electron chi connectivity index (χ3n) is 8.34. The minimum atomic E-state index is 1.10. The molecule has 0 fully saturated rings. The first kappa shape index (κ1) is 21.5. The van der Waals surface area contributed by atoms with Crippen molar-refractivity contribution in [1.29, 1.82) is 0 Å². The Labute approximate surface area is 230 Å². The summed E-state index contributed by atoms with van der Waals surface area (Å²) < 4.78 is 4.82. The Balaban J connectivity index is 1.50. The van der Waals surface area contributed by atoms with Crippen molar-refractivity contribution in [1.82, 2.24) is 14.1 Å². The largest absolute Gasteiger partial charge is 0.309 e. The standard InChI is InChI=1S/C37H23N3/c1-2-11-26(12-3-1)39-33-16-8-6-14-28(33)30-19-18-24-20-32-29-15-7-9-17-34(29)40(35(32)21-31(24)37(30)39)36-23-38-22-25-10-4-5-13-27(25)36/h1-23H. The number of para-hydroxylation sites is 3. The molecule has 186 valence electrons. The Morgan fingerprint density at radius 3 is 1.90 bits per heavy atom. The Morgan fingerprint density at radius 2 is 1.07 bits per heavy atom. The molecule has 0 aliphatic rings. The van der Waals surface area contributed by atoms with Gasteiger partial charge in [0.15, 0.2) is 0 Å². The van der Waals surface area contributed by atoms with E-state index in [-0.39, 0.29) is 0 Å². The van der Waals surface area contributed by atoms with Gasteiger partial charge in [0.05, 0.1) is 34.0 Å². The topological polar surface area (TPSA) is 22.8 Å². The van der Waals surface area contributed by atoms with Gasteiger partial charge in [0.25, 0.3) is 0 Å². The maximum atomic E-state index is 4.65. The fourth-order valence-corrected chi connectivity index (χ4v) is 6.63. The minimum absolute atomic E-state index is 1.10. The highest BCUT2D eigenvalue weighted by Crippen LogP contribution is 2.41. The van der Waals surface area contributed by atoms with Crippen LogP contribution in [-0.4, -0.2) is 14.1 Å². The monoisotopic (exact) mass is 509 g/mol. The molecule has 3 aromatic heterocycles. The zero-order chi connectivity index (χ0) is 26.2. The van der Waals surface area contributed by atoms with Crippen molar-refractivity contribution in [2.24, 2.45) is 0 Å². The molecule has 0 saturated carbocycles. The van der Waals surface area contributed by atoms with Crippen LogP contribution in [0.15, 0.2) is 140 Å². The van der Waals surface area contributed by atoms with Gasteiger partial charge in [-0.25, -0.2) is 0 Å². The summed E-state index contributed by atoms with van der Waals surface area (Å²) in [5.74, 6) is 0. The van der Waals surface area contributed by atoms with Crippen LogP contribution in [0.5, 0.6) is 0 Å². The van der Waals surface area contributed by atoms with Crippen molar-refractivity contribution >= 4 is 65.2 Å². The van der Waals surface area contributed by atoms with E-state index in [9.17, 15) is 0 Å². The van der Waals surface area contributed by atoms with Crippen molar-refractivity contribution in [2.45, 2.75) is 0 Å². The molecule has 0 aliphatic heterocycles. The summed E-state index contributed by atoms with van der Waals surface area (Å²) in [6.07, 6.45) is 3.95. The lowest BCUT2D eigenvalue weighted by molar-refractivity contribution is 1.16. The predicted octanol–water partition coefficient (Wildman–Crippen LogP) is 9.58. The first-order valence-electron chi connectivity index (χ1n) is 13.6. The zero-order valence-electron chi connectivity index (χ0n) is 21.6. The summed E-state index contributed by atoms with van der Waals surface area (Å²) >= 11 is 0. The Kier molecular flexibility index (Phi) is 4.33. The van der Waals surface area contributed by atoms with Crippen LogP contribution in [0.3, 0.4) is 0 Å². The molecular weight excluding hydrogens is 486 g/mol. The van der Waals surface area contributed by atoms with Crippen LogP contribution in [0.2, 0.25) is 0 Å². The lowest BCUT2D eigenvalue weighted by Gasteiger charge is -2.12. The van der Waals surface area contributed by atoms with Gasteiger partial charge in [0.1, 0.15) is 0 Å². The fourth-order valence-electron chi connectivity index (χ4n) is 6.63. The number of fused-ring (bicyclic) bond motifs is 9. The molecule has 3 heterocycles. The van der Waals surface area contributed by atoms with E-state index in [2.05, 4.69) is 142 Å². The van der Waals surface area contributed by atoms with Gasteiger partial charge < -0.3 is 9.13 Å². The van der Waals surface area contributed by atoms with E-state index in [1.54, 1.807) is 0 Å². The number of hydrogen-bond acceptors (Lipinski definition) is 1. The van der Waals surface area contributed by atoms with Gasteiger partial charge in [0, 0.05) is 49.6 Å². The minimum Gasteiger partial charge on any atom is -0.309 e. The van der Waals surface area contributed by atoms with Crippen LogP contribution in [-0.2, 0) is 0 Å². The molecule has 0 amide bonds. The second kappa shape index (κ2) is 8.05. The molecule has 6 aromatic carbocycles. The molecule has 0 unspecified atom stereocenters. The number of nitrogens with zero attached hydrogens (tertiary/aromatic N) is 3. The molecule has 0 radical (unpaired) electrons. The number of pyridine rings is 1. The van der Waals surface area contributed by atoms with E-state index in [0.717, 1.165) is 11.1 Å². The molecule has 40 heavy (non-hydrogen) atoms. The SMILES string of the molecule is c1ccc(-n2c3ccccc3c3ccc4cc5c6ccccc6n(-c6cncc7ccccc67)c5cc4c32)cc1. The van der Waals surface area contributed by atoms with Crippen LogP contribution in [0, 0.1) is 0 Å². The van der Waals surface area contributed by atoms with Crippen molar-refractivity contribution in [2.75, 3.05) is 0 Å². The molecule has 0 bridgehead atoms. The van der Waals surface area contributed by atoms with Crippen LogP contribution >= 0.6 is 0 Å². The van der Waals surface area contributed by atoms with Gasteiger partial charge >= 0.3 is 0 Å². The molecule has 3 nitrogen and oxygen atoms in total. The van der Waals surface area contributed by atoms with E-state index in [1.807, 2.05) is 12.4 Å². The highest BCUT2D eigenvalue weighted by Gasteiger charge is 2.19. The zero-order valence-corrected chi connectivity index (χ0v) is 21.6. The van der Waals surface area contributed by atoms with E-state index in [1.165, 1.54) is 65.5 Å². The lowest BCUT2D eigenvalue weighted by Crippen LogP contribution is -1.97. The van der Waals surface area contributed by atoms with Crippen molar-refractivity contribution < 1.29 is 0 Å². The predicted molar refractivity (Wildman–Crippen MR) is 168 cm³/mol. The molecular formula is C37H23N3. The summed E-state index contributed by atoms with van der Waals surface area (Å²) in [6, 6.07) is 46.0. The van der Waals surface area contributed by atoms with Crippen LogP contribution in [0.4, 0.5) is 0 Å². The van der Waals surface area contributed by atoms with Crippen molar-refractivity contribution in [3.8, 4) is 11.4 Å². The highest BCUT2D eigenvalue weighted by atomic mass is 15.0. The first-order chi connectivity index (χ1) is 19.9. The third-order valence-corrected chi connectivity index (χ3v) is 8.34. The fraction of sp³-hybridized carbons (Fsp3) is 0. The molecule has 0 N–H and O–H groups in total. The van der Waals surface area contributed by atoms with Crippen LogP contribution in [0.25, 0.3) is 76.5 Å². The molecule has 0 saturated heterocycles. The number of hydrogen-bond donors (Lipinski definition) is 0. The van der Waals surface area contributed by atoms with E-state index in [4.69, 9.17) is 0 Å². The average Bonchev–Trinajstić information content (AvgIpc) is 3.53. The molecule has 3 heteroatoms. The molecule has 9 rings (SSSR count). The average molecular weight is 510 g/mol. The van der Waals surface area contributed by atoms with Gasteiger partial charge in [-0.05, 0) is 41.8 Å². The molecule has 0 atom stereocenters. The molecule has 0 aliphatic carbocycles. The van der Waals surface area contributed by atoms with Gasteiger partial charge in [-0.2, -0.15) is 0 Å². The van der Waals surface area contributed by atoms with Gasteiger partial charge in [-0.3, -0.25) is 4.98 Å². The maximum absolute atomic E-state index is 4.65. The van der Waals surface area contributed by atoms with Crippen molar-refractivity contribution in [3.05, 3.63) is 140 Å². The second-order valence-electron chi connectivity index (χ2n) is 10.5. The van der Waals surface area contributed by atoms with Gasteiger partial charge in [0.2, 0.25) is 0 Å². The second-order valence-corrected chi connectivity index (χ2v) is 10.5. The normalized spacial score (nSPS) is 12.0. The Bertz CT molecular complexity index is 2420. The van der Waals surface area contributed by atoms with Crippen LogP contribution in [0.1, 0.15) is 0 Å².